The van der Waals surface area contributed by atoms with Crippen LogP contribution in [-0.4, -0.2) is 6.54 Å². The summed E-state index contributed by atoms with van der Waals surface area (Å²) >= 11 is 9.69. The molecule has 104 valence electrons. The van der Waals surface area contributed by atoms with Crippen LogP contribution in [0.5, 0.6) is 0 Å². The van der Waals surface area contributed by atoms with Crippen LogP contribution in [0, 0.1) is 5.92 Å². The minimum atomic E-state index is 0.582. The number of hydrogen-bond acceptors (Lipinski definition) is 2. The van der Waals surface area contributed by atoms with Crippen LogP contribution in [0.3, 0.4) is 0 Å². The van der Waals surface area contributed by atoms with E-state index in [0.29, 0.717) is 5.92 Å². The highest BCUT2D eigenvalue weighted by molar-refractivity contribution is 9.10. The third kappa shape index (κ3) is 3.33. The summed E-state index contributed by atoms with van der Waals surface area (Å²) in [5, 5.41) is 5.19. The molecule has 0 aliphatic carbocycles. The van der Waals surface area contributed by atoms with Gasteiger partial charge in [0.05, 0.1) is 11.0 Å². The maximum Gasteiger partial charge on any atom is 0.148 e. The highest BCUT2D eigenvalue weighted by Crippen LogP contribution is 2.35. The summed E-state index contributed by atoms with van der Waals surface area (Å²) < 4.78 is 6.94. The Morgan fingerprint density at radius 2 is 2.11 bits per heavy atom. The lowest BCUT2D eigenvalue weighted by Gasteiger charge is -2.06. The van der Waals surface area contributed by atoms with E-state index in [0.717, 1.165) is 45.7 Å². The van der Waals surface area contributed by atoms with E-state index >= 15 is 0 Å². The Bertz CT molecular complexity index is 577. The van der Waals surface area contributed by atoms with Crippen molar-refractivity contribution in [3.63, 3.8) is 0 Å². The molecule has 0 saturated carbocycles. The lowest BCUT2D eigenvalue weighted by atomic mass is 10.00. The molecule has 1 heterocycles. The molecule has 4 heteroatoms. The fraction of sp³-hybridized carbons (Fsp3) is 0.467. The van der Waals surface area contributed by atoms with Gasteiger partial charge in [0.15, 0.2) is 0 Å². The molecule has 0 aliphatic heterocycles. The molecule has 0 saturated heterocycles. The first-order valence-corrected chi connectivity index (χ1v) is 7.80. The average molecular weight is 345 g/mol. The van der Waals surface area contributed by atoms with E-state index in [-0.39, 0.29) is 0 Å². The van der Waals surface area contributed by atoms with Crippen LogP contribution in [0.4, 0.5) is 0 Å². The minimum absolute atomic E-state index is 0.582. The van der Waals surface area contributed by atoms with Crippen molar-refractivity contribution >= 4 is 38.5 Å². The zero-order valence-electron chi connectivity index (χ0n) is 11.5. The molecule has 0 radical (unpaired) electrons. The van der Waals surface area contributed by atoms with Gasteiger partial charge in [0, 0.05) is 16.0 Å². The van der Waals surface area contributed by atoms with Gasteiger partial charge in [-0.2, -0.15) is 0 Å². The second-order valence-electron chi connectivity index (χ2n) is 5.15. The molecule has 1 aromatic heterocycles. The van der Waals surface area contributed by atoms with Crippen LogP contribution in [0.15, 0.2) is 21.0 Å². The number of rotatable bonds is 5. The molecule has 2 rings (SSSR count). The topological polar surface area (TPSA) is 25.2 Å². The van der Waals surface area contributed by atoms with Crippen molar-refractivity contribution < 1.29 is 4.42 Å². The van der Waals surface area contributed by atoms with E-state index in [4.69, 9.17) is 16.0 Å². The van der Waals surface area contributed by atoms with Crippen molar-refractivity contribution in [3.05, 3.63) is 33.0 Å². The fourth-order valence-corrected chi connectivity index (χ4v) is 3.13. The Kier molecular flexibility index (Phi) is 4.93. The van der Waals surface area contributed by atoms with Crippen molar-refractivity contribution in [3.8, 4) is 0 Å². The summed E-state index contributed by atoms with van der Waals surface area (Å²) in [6, 6.07) is 3.88. The monoisotopic (exact) mass is 343 g/mol. The molecule has 0 fully saturated rings. The zero-order valence-corrected chi connectivity index (χ0v) is 13.9. The normalized spacial score (nSPS) is 11.7. The molecule has 1 N–H and O–H groups in total. The summed E-state index contributed by atoms with van der Waals surface area (Å²) in [5.74, 6) is 1.60. The van der Waals surface area contributed by atoms with E-state index in [2.05, 4.69) is 42.0 Å². The molecule has 0 unspecified atom stereocenters. The van der Waals surface area contributed by atoms with Gasteiger partial charge in [-0.3, -0.25) is 0 Å². The lowest BCUT2D eigenvalue weighted by molar-refractivity contribution is 0.505. The van der Waals surface area contributed by atoms with Gasteiger partial charge in [0.1, 0.15) is 11.3 Å². The van der Waals surface area contributed by atoms with Crippen LogP contribution in [0.25, 0.3) is 11.0 Å². The van der Waals surface area contributed by atoms with E-state index < -0.39 is 0 Å². The number of furan rings is 1. The van der Waals surface area contributed by atoms with Gasteiger partial charge in [-0.05, 0) is 46.9 Å². The largest absolute Gasteiger partial charge is 0.458 e. The van der Waals surface area contributed by atoms with Gasteiger partial charge in [0.2, 0.25) is 0 Å². The molecule has 2 nitrogen and oxygen atoms in total. The van der Waals surface area contributed by atoms with Crippen molar-refractivity contribution in [2.75, 3.05) is 6.54 Å². The molecule has 0 amide bonds. The first-order valence-electron chi connectivity index (χ1n) is 6.63. The molecule has 0 spiro atoms. The van der Waals surface area contributed by atoms with Gasteiger partial charge in [-0.1, -0.05) is 32.4 Å². The Morgan fingerprint density at radius 1 is 1.37 bits per heavy atom. The van der Waals surface area contributed by atoms with Crippen LogP contribution < -0.4 is 5.32 Å². The molecule has 2 aromatic rings. The average Bonchev–Trinajstić information content (AvgIpc) is 2.65. The third-order valence-corrected chi connectivity index (χ3v) is 3.85. The summed E-state index contributed by atoms with van der Waals surface area (Å²) in [5.41, 5.74) is 2.17. The predicted octanol–water partition coefficient (Wildman–Crippen LogP) is 5.16. The van der Waals surface area contributed by atoms with E-state index in [9.17, 15) is 0 Å². The lowest BCUT2D eigenvalue weighted by Crippen LogP contribution is -2.12. The summed E-state index contributed by atoms with van der Waals surface area (Å²) in [7, 11) is 0. The number of fused-ring (bicyclic) bond motifs is 1. The van der Waals surface area contributed by atoms with Crippen LogP contribution in [0.2, 0.25) is 5.02 Å². The van der Waals surface area contributed by atoms with E-state index in [1.54, 1.807) is 0 Å². The number of hydrogen-bond donors (Lipinski definition) is 1. The van der Waals surface area contributed by atoms with Crippen LogP contribution in [-0.2, 0) is 13.0 Å². The summed E-state index contributed by atoms with van der Waals surface area (Å²) in [4.78, 5) is 0. The third-order valence-electron chi connectivity index (χ3n) is 3.04. The number of benzene rings is 1. The van der Waals surface area contributed by atoms with Gasteiger partial charge >= 0.3 is 0 Å². The maximum absolute atomic E-state index is 6.16. The SMILES string of the molecule is CCNCc1oc2c(Br)cc(Cl)cc2c1CC(C)C. The smallest absolute Gasteiger partial charge is 0.148 e. The maximum atomic E-state index is 6.16. The number of halogens is 2. The second-order valence-corrected chi connectivity index (χ2v) is 6.44. The van der Waals surface area contributed by atoms with Crippen molar-refractivity contribution in [2.24, 2.45) is 5.92 Å². The summed E-state index contributed by atoms with van der Waals surface area (Å²) in [6.45, 7) is 8.22. The van der Waals surface area contributed by atoms with Crippen molar-refractivity contribution in [1.82, 2.24) is 5.32 Å². The Hall–Kier alpha value is -0.510. The predicted molar refractivity (Wildman–Crippen MR) is 84.8 cm³/mol. The van der Waals surface area contributed by atoms with Gasteiger partial charge in [-0.15, -0.1) is 0 Å². The number of nitrogens with one attached hydrogen (secondary N) is 1. The van der Waals surface area contributed by atoms with Gasteiger partial charge in [0.25, 0.3) is 0 Å². The van der Waals surface area contributed by atoms with Crippen LogP contribution >= 0.6 is 27.5 Å². The van der Waals surface area contributed by atoms with Crippen molar-refractivity contribution in [1.29, 1.82) is 0 Å². The first-order chi connectivity index (χ1) is 9.02. The molecule has 0 bridgehead atoms. The van der Waals surface area contributed by atoms with E-state index in [1.807, 2.05) is 12.1 Å². The Labute approximate surface area is 127 Å². The second kappa shape index (κ2) is 6.29. The molecule has 0 atom stereocenters. The molecule has 0 aliphatic rings. The highest BCUT2D eigenvalue weighted by Gasteiger charge is 2.17. The van der Waals surface area contributed by atoms with Gasteiger partial charge < -0.3 is 9.73 Å². The van der Waals surface area contributed by atoms with E-state index in [1.165, 1.54) is 5.56 Å². The van der Waals surface area contributed by atoms with Crippen LogP contribution in [0.1, 0.15) is 32.1 Å². The standard InChI is InChI=1S/C15H19BrClNO/c1-4-18-8-14-11(5-9(2)3)12-6-10(17)7-13(16)15(12)19-14/h6-7,9,18H,4-5,8H2,1-3H3. The molecule has 1 aromatic carbocycles. The Morgan fingerprint density at radius 3 is 2.74 bits per heavy atom. The van der Waals surface area contributed by atoms with Gasteiger partial charge in [-0.25, -0.2) is 0 Å². The van der Waals surface area contributed by atoms with Crippen molar-refractivity contribution in [2.45, 2.75) is 33.7 Å². The Balaban J connectivity index is 2.56. The minimum Gasteiger partial charge on any atom is -0.458 e. The quantitative estimate of drug-likeness (QED) is 0.810. The first kappa shape index (κ1) is 14.9. The molecular formula is C15H19BrClNO. The highest BCUT2D eigenvalue weighted by atomic mass is 79.9. The zero-order chi connectivity index (χ0) is 14.0. The fourth-order valence-electron chi connectivity index (χ4n) is 2.24. The molecule has 19 heavy (non-hydrogen) atoms. The molecular weight excluding hydrogens is 326 g/mol. The summed E-state index contributed by atoms with van der Waals surface area (Å²) in [6.07, 6.45) is 1.00.